The molecule has 1 spiro atoms. The zero-order valence-electron chi connectivity index (χ0n) is 24.0. The van der Waals surface area contributed by atoms with E-state index in [1.807, 2.05) is 74.5 Å². The highest BCUT2D eigenvalue weighted by Gasteiger charge is 2.77. The molecule has 1 N–H and O–H groups in total. The summed E-state index contributed by atoms with van der Waals surface area (Å²) in [5.74, 6) is -2.63. The van der Waals surface area contributed by atoms with Crippen molar-refractivity contribution >= 4 is 39.3 Å². The maximum absolute atomic E-state index is 14.7. The molecule has 2 bridgehead atoms. The highest BCUT2D eigenvalue weighted by molar-refractivity contribution is 9.09. The number of benzene rings is 2. The first-order chi connectivity index (χ1) is 20.2. The van der Waals surface area contributed by atoms with Gasteiger partial charge in [0.2, 0.25) is 17.7 Å². The number of hydrogen-bond donors (Lipinski definition) is 1. The highest BCUT2D eigenvalue weighted by Crippen LogP contribution is 2.61. The van der Waals surface area contributed by atoms with E-state index in [1.165, 1.54) is 4.90 Å². The van der Waals surface area contributed by atoms with Gasteiger partial charge in [-0.1, -0.05) is 76.6 Å². The van der Waals surface area contributed by atoms with E-state index in [2.05, 4.69) is 29.1 Å². The van der Waals surface area contributed by atoms with E-state index in [0.29, 0.717) is 17.7 Å². The van der Waals surface area contributed by atoms with Crippen LogP contribution in [0, 0.1) is 11.8 Å². The Morgan fingerprint density at radius 2 is 1.69 bits per heavy atom. The van der Waals surface area contributed by atoms with Gasteiger partial charge in [-0.2, -0.15) is 0 Å². The summed E-state index contributed by atoms with van der Waals surface area (Å²) in [4.78, 5) is 48.2. The number of hydrogen-bond acceptors (Lipinski definition) is 5. The van der Waals surface area contributed by atoms with Gasteiger partial charge in [0.1, 0.15) is 11.6 Å². The average molecular weight is 637 g/mol. The minimum atomic E-state index is -1.25. The summed E-state index contributed by atoms with van der Waals surface area (Å²) in [6.45, 7) is 11.7. The Hall–Kier alpha value is -3.27. The second-order valence-corrected chi connectivity index (χ2v) is 12.6. The van der Waals surface area contributed by atoms with Crippen LogP contribution in [-0.4, -0.2) is 80.9 Å². The molecule has 0 aliphatic carbocycles. The van der Waals surface area contributed by atoms with Gasteiger partial charge in [0.15, 0.2) is 0 Å². The van der Waals surface area contributed by atoms with Gasteiger partial charge in [0, 0.05) is 29.6 Å². The number of aliphatic hydroxyl groups excluding tert-OH is 1. The Morgan fingerprint density at radius 3 is 2.26 bits per heavy atom. The van der Waals surface area contributed by atoms with E-state index in [9.17, 15) is 19.5 Å². The fourth-order valence-electron chi connectivity index (χ4n) is 7.09. The number of aliphatic hydroxyl groups is 1. The Bertz CT molecular complexity index is 1340. The van der Waals surface area contributed by atoms with Crippen LogP contribution in [-0.2, 0) is 19.1 Å². The van der Waals surface area contributed by atoms with Crippen molar-refractivity contribution < 1.29 is 24.2 Å². The molecule has 0 aromatic heterocycles. The molecule has 3 unspecified atom stereocenters. The molecule has 5 rings (SSSR count). The van der Waals surface area contributed by atoms with E-state index in [4.69, 9.17) is 4.74 Å². The molecule has 3 aliphatic heterocycles. The van der Waals surface area contributed by atoms with Crippen LogP contribution in [0.15, 0.2) is 86.0 Å². The standard InChI is InChI=1S/C33H38BrN3O5/c1-5-17-35(21(3)4)32(41)29-33-19-24(34)28(42-33)26(30(39)36(18-6-2)23-15-11-8-12-16-23)27(33)31(40)37(29)25(20-38)22-13-9-7-10-14-22/h5-16,21,24-29,38H,1-2,17-20H2,3-4H3/t24?,25-,26-,27+,28-,29?,33?/m1/s1. The number of amides is 3. The van der Waals surface area contributed by atoms with Crippen molar-refractivity contribution in [2.75, 3.05) is 24.6 Å². The van der Waals surface area contributed by atoms with Gasteiger partial charge in [-0.25, -0.2) is 0 Å². The molecule has 3 heterocycles. The fourth-order valence-corrected chi connectivity index (χ4v) is 8.03. The molecule has 3 saturated heterocycles. The van der Waals surface area contributed by atoms with Crippen LogP contribution in [0.1, 0.15) is 31.9 Å². The smallest absolute Gasteiger partial charge is 0.248 e. The number of rotatable bonds is 11. The number of ether oxygens (including phenoxy) is 1. The van der Waals surface area contributed by atoms with E-state index < -0.39 is 42.2 Å². The number of alkyl halides is 1. The molecule has 9 heteroatoms. The molecule has 0 radical (unpaired) electrons. The number of likely N-dealkylation sites (tertiary alicyclic amines) is 1. The van der Waals surface area contributed by atoms with Gasteiger partial charge < -0.3 is 24.5 Å². The Labute approximate surface area is 255 Å². The van der Waals surface area contributed by atoms with Crippen LogP contribution in [0.5, 0.6) is 0 Å². The van der Waals surface area contributed by atoms with Crippen molar-refractivity contribution in [3.05, 3.63) is 91.5 Å². The molecular formula is C33H38BrN3O5. The highest BCUT2D eigenvalue weighted by atomic mass is 79.9. The molecule has 7 atom stereocenters. The Balaban J connectivity index is 1.65. The van der Waals surface area contributed by atoms with Crippen molar-refractivity contribution in [2.24, 2.45) is 11.8 Å². The topological polar surface area (TPSA) is 90.4 Å². The molecule has 8 nitrogen and oxygen atoms in total. The monoisotopic (exact) mass is 635 g/mol. The first-order valence-corrected chi connectivity index (χ1v) is 15.3. The second kappa shape index (κ2) is 12.1. The summed E-state index contributed by atoms with van der Waals surface area (Å²) in [5, 5.41) is 10.7. The van der Waals surface area contributed by atoms with Gasteiger partial charge in [-0.15, -0.1) is 13.2 Å². The van der Waals surface area contributed by atoms with Gasteiger partial charge in [0.05, 0.1) is 30.6 Å². The summed E-state index contributed by atoms with van der Waals surface area (Å²) >= 11 is 3.76. The molecule has 42 heavy (non-hydrogen) atoms. The lowest BCUT2D eigenvalue weighted by Gasteiger charge is -2.40. The Kier molecular flexibility index (Phi) is 8.73. The molecule has 3 amide bonds. The summed E-state index contributed by atoms with van der Waals surface area (Å²) in [7, 11) is 0. The van der Waals surface area contributed by atoms with Crippen LogP contribution < -0.4 is 4.90 Å². The van der Waals surface area contributed by atoms with E-state index in [1.54, 1.807) is 22.0 Å². The van der Waals surface area contributed by atoms with Crippen LogP contribution in [0.4, 0.5) is 5.69 Å². The molecule has 0 saturated carbocycles. The average Bonchev–Trinajstić information content (AvgIpc) is 3.59. The third-order valence-electron chi connectivity index (χ3n) is 8.82. The lowest BCUT2D eigenvalue weighted by Crippen LogP contribution is -2.58. The summed E-state index contributed by atoms with van der Waals surface area (Å²) in [5.41, 5.74) is 0.142. The number of nitrogens with zero attached hydrogens (tertiary/aromatic N) is 3. The molecular weight excluding hydrogens is 598 g/mol. The van der Waals surface area contributed by atoms with Crippen LogP contribution in [0.25, 0.3) is 0 Å². The number of fused-ring (bicyclic) bond motifs is 1. The van der Waals surface area contributed by atoms with Crippen molar-refractivity contribution in [1.82, 2.24) is 9.80 Å². The molecule has 3 aliphatic rings. The summed E-state index contributed by atoms with van der Waals surface area (Å²) < 4.78 is 6.73. The van der Waals surface area contributed by atoms with Gasteiger partial charge >= 0.3 is 0 Å². The second-order valence-electron chi connectivity index (χ2n) is 11.5. The molecule has 2 aromatic carbocycles. The molecule has 222 valence electrons. The largest absolute Gasteiger partial charge is 0.394 e. The number of halogens is 1. The maximum Gasteiger partial charge on any atom is 0.248 e. The van der Waals surface area contributed by atoms with Gasteiger partial charge in [-0.3, -0.25) is 14.4 Å². The van der Waals surface area contributed by atoms with Gasteiger partial charge in [0.25, 0.3) is 0 Å². The number of para-hydroxylation sites is 1. The zero-order valence-corrected chi connectivity index (χ0v) is 25.6. The van der Waals surface area contributed by atoms with Crippen molar-refractivity contribution in [2.45, 2.75) is 54.9 Å². The SMILES string of the molecule is C=CCN(C(=O)[C@H]1[C@@H]2OC3(CC2Br)C(C(=O)N(CC=C)C(C)C)N([C@H](CO)c2ccccc2)C(=O)[C@H]13)c1ccccc1. The predicted octanol–water partition coefficient (Wildman–Crippen LogP) is 4.11. The molecule has 2 aromatic rings. The van der Waals surface area contributed by atoms with E-state index in [-0.39, 0.29) is 41.7 Å². The zero-order chi connectivity index (χ0) is 30.2. The predicted molar refractivity (Wildman–Crippen MR) is 165 cm³/mol. The quantitative estimate of drug-likeness (QED) is 0.296. The summed E-state index contributed by atoms with van der Waals surface area (Å²) in [6, 6.07) is 16.5. The lowest BCUT2D eigenvalue weighted by molar-refractivity contribution is -0.152. The third kappa shape index (κ3) is 4.81. The van der Waals surface area contributed by atoms with Crippen molar-refractivity contribution in [1.29, 1.82) is 0 Å². The first-order valence-electron chi connectivity index (χ1n) is 14.4. The minimum Gasteiger partial charge on any atom is -0.394 e. The van der Waals surface area contributed by atoms with E-state index >= 15 is 0 Å². The first kappa shape index (κ1) is 30.2. The normalized spacial score (nSPS) is 28.5. The Morgan fingerprint density at radius 1 is 1.07 bits per heavy atom. The number of anilines is 1. The van der Waals surface area contributed by atoms with Gasteiger partial charge in [-0.05, 0) is 38.0 Å². The minimum absolute atomic E-state index is 0.177. The third-order valence-corrected chi connectivity index (χ3v) is 9.66. The molecule has 3 fully saturated rings. The fraction of sp³-hybridized carbons (Fsp3) is 0.424. The van der Waals surface area contributed by atoms with Crippen LogP contribution >= 0.6 is 15.9 Å². The van der Waals surface area contributed by atoms with Crippen LogP contribution in [0.2, 0.25) is 0 Å². The van der Waals surface area contributed by atoms with E-state index in [0.717, 1.165) is 0 Å². The number of carbonyl (C=O) groups excluding carboxylic acids is 3. The maximum atomic E-state index is 14.7. The van der Waals surface area contributed by atoms with Crippen LogP contribution in [0.3, 0.4) is 0 Å². The summed E-state index contributed by atoms with van der Waals surface area (Å²) in [6.07, 6.45) is 3.10. The van der Waals surface area contributed by atoms with Crippen molar-refractivity contribution in [3.8, 4) is 0 Å². The number of carbonyl (C=O) groups is 3. The lowest BCUT2D eigenvalue weighted by atomic mass is 9.70. The van der Waals surface area contributed by atoms with Crippen molar-refractivity contribution in [3.63, 3.8) is 0 Å².